The minimum absolute atomic E-state index is 0. The van der Waals surface area contributed by atoms with Crippen LogP contribution in [0.3, 0.4) is 0 Å². The topological polar surface area (TPSA) is 109 Å². The Labute approximate surface area is 75.6 Å². The van der Waals surface area contributed by atoms with Crippen molar-refractivity contribution in [3.63, 3.8) is 0 Å². The minimum atomic E-state index is -5.17. The summed E-state index contributed by atoms with van der Waals surface area (Å²) < 4.78 is 34.1. The predicted octanol–water partition coefficient (Wildman–Crippen LogP) is -1.84. The summed E-state index contributed by atoms with van der Waals surface area (Å²) in [5.41, 5.74) is 0. The molecule has 0 aliphatic carbocycles. The van der Waals surface area contributed by atoms with Crippen LogP contribution in [0.2, 0.25) is 0 Å². The van der Waals surface area contributed by atoms with Crippen LogP contribution in [-0.4, -0.2) is 40.6 Å². The molecule has 0 radical (unpaired) electrons. The summed E-state index contributed by atoms with van der Waals surface area (Å²) in [6.07, 6.45) is 0. The molecule has 0 N–H and O–H groups in total. The molecule has 0 amide bonds. The fraction of sp³-hybridized carbons (Fsp3) is 0. The molecule has 0 aliphatic rings. The van der Waals surface area contributed by atoms with Crippen molar-refractivity contribution in [2.45, 2.75) is 0 Å². The van der Waals surface area contributed by atoms with Gasteiger partial charge in [0.15, 0.2) is 0 Å². The Hall–Kier alpha value is 1.22. The number of hydrogen-bond acceptors (Lipinski definition) is 4. The molecule has 0 bridgehead atoms. The van der Waals surface area contributed by atoms with Gasteiger partial charge in [-0.25, -0.2) is 0 Å². The van der Waals surface area contributed by atoms with Gasteiger partial charge < -0.3 is 14.6 Å². The van der Waals surface area contributed by atoms with Gasteiger partial charge in [0.1, 0.15) is 0 Å². The Bertz CT molecular complexity index is 95.6. The van der Waals surface area contributed by atoms with E-state index >= 15 is 0 Å². The Morgan fingerprint density at radius 1 is 1.12 bits per heavy atom. The molecule has 0 unspecified atom stereocenters. The smallest absolute Gasteiger partial charge is 2.00 e. The van der Waals surface area contributed by atoms with Crippen molar-refractivity contribution in [3.05, 3.63) is 0 Å². The van der Waals surface area contributed by atoms with Crippen LogP contribution in [0.25, 0.3) is 0 Å². The van der Waals surface area contributed by atoms with Crippen LogP contribution in [0.15, 0.2) is 0 Å². The maximum absolute atomic E-state index is 8.52. The van der Waals surface area contributed by atoms with Gasteiger partial charge in [-0.1, -0.05) is 0 Å². The van der Waals surface area contributed by atoms with Gasteiger partial charge in [0.25, 0.3) is 0 Å². The molecule has 0 spiro atoms. The molecule has 8 heavy (non-hydrogen) atoms. The summed E-state index contributed by atoms with van der Waals surface area (Å²) >= 11 is 0. The van der Waals surface area contributed by atoms with Gasteiger partial charge in [-0.2, -0.15) is 0 Å². The van der Waals surface area contributed by atoms with Gasteiger partial charge in [-0.3, -0.25) is 8.42 Å². The second-order valence-electron chi connectivity index (χ2n) is 0.408. The molecule has 5 nitrogen and oxygen atoms in total. The van der Waals surface area contributed by atoms with Crippen LogP contribution in [-0.2, 0) is 35.4 Å². The molecule has 0 aliphatic heterocycles. The summed E-state index contributed by atoms with van der Waals surface area (Å²) in [6.45, 7) is 0. The first kappa shape index (κ1) is 22.9. The van der Waals surface area contributed by atoms with Crippen LogP contribution >= 0.6 is 0 Å². The van der Waals surface area contributed by atoms with E-state index in [0.717, 1.165) is 0 Å². The van der Waals surface area contributed by atoms with E-state index in [1.54, 1.807) is 0 Å². The first-order chi connectivity index (χ1) is 2.00. The first-order valence-electron chi connectivity index (χ1n) is 0.667. The summed E-state index contributed by atoms with van der Waals surface area (Å²) in [5, 5.41) is 0. The molecule has 0 aromatic carbocycles. The van der Waals surface area contributed by atoms with Crippen LogP contribution in [0.1, 0.15) is 0 Å². The van der Waals surface area contributed by atoms with Crippen molar-refractivity contribution in [2.24, 2.45) is 0 Å². The zero-order valence-corrected chi connectivity index (χ0v) is 9.06. The van der Waals surface area contributed by atoms with Crippen LogP contribution in [0.4, 0.5) is 0 Å². The third-order valence-electron chi connectivity index (χ3n) is 0. The number of rotatable bonds is 0. The molecule has 8 heteroatoms. The average molecular weight is 202 g/mol. The van der Waals surface area contributed by atoms with Crippen LogP contribution < -0.4 is 0 Å². The standard InChI is InChI=1S/Mg.H2O4S.O.Zn/c;1-5(2,3)4;;/h;(H2,1,2,3,4);;/q+2;;-2;+2/p-2. The monoisotopic (exact) mass is 200 g/mol. The van der Waals surface area contributed by atoms with E-state index in [9.17, 15) is 0 Å². The fourth-order valence-corrected chi connectivity index (χ4v) is 0. The van der Waals surface area contributed by atoms with E-state index in [-0.39, 0.29) is 48.0 Å². The molecule has 0 rings (SSSR count). The van der Waals surface area contributed by atoms with E-state index in [2.05, 4.69) is 0 Å². The predicted molar refractivity (Wildman–Crippen MR) is 16.9 cm³/mol. The van der Waals surface area contributed by atoms with E-state index in [1.165, 1.54) is 0 Å². The molecule has 0 saturated heterocycles. The summed E-state index contributed by atoms with van der Waals surface area (Å²) in [7, 11) is -5.17. The second kappa shape index (κ2) is 8.22. The van der Waals surface area contributed by atoms with E-state index in [4.69, 9.17) is 17.5 Å². The Morgan fingerprint density at radius 2 is 1.12 bits per heavy atom. The fourth-order valence-electron chi connectivity index (χ4n) is 0. The zero-order chi connectivity index (χ0) is 4.50. The summed E-state index contributed by atoms with van der Waals surface area (Å²) in [5.74, 6) is 0. The first-order valence-corrected chi connectivity index (χ1v) is 2.00. The van der Waals surface area contributed by atoms with E-state index < -0.39 is 10.4 Å². The van der Waals surface area contributed by atoms with Gasteiger partial charge in [-0.05, 0) is 0 Å². The molecule has 0 aromatic heterocycles. The van der Waals surface area contributed by atoms with Crippen molar-refractivity contribution < 1.29 is 42.5 Å². The Morgan fingerprint density at radius 3 is 1.12 bits per heavy atom. The third kappa shape index (κ3) is 188. The van der Waals surface area contributed by atoms with E-state index in [1.807, 2.05) is 0 Å². The Balaban J connectivity index is -0.0000000267. The van der Waals surface area contributed by atoms with Gasteiger partial charge in [0, 0.05) is 10.4 Å². The van der Waals surface area contributed by atoms with E-state index in [0.29, 0.717) is 0 Å². The molecule has 40 valence electrons. The van der Waals surface area contributed by atoms with Crippen LogP contribution in [0.5, 0.6) is 0 Å². The zero-order valence-electron chi connectivity index (χ0n) is 3.86. The van der Waals surface area contributed by atoms with Gasteiger partial charge in [0.05, 0.1) is 0 Å². The van der Waals surface area contributed by atoms with Gasteiger partial charge >= 0.3 is 42.5 Å². The largest absolute Gasteiger partial charge is 2.00 e. The van der Waals surface area contributed by atoms with Crippen molar-refractivity contribution in [2.75, 3.05) is 0 Å². The third-order valence-corrected chi connectivity index (χ3v) is 0. The summed E-state index contributed by atoms with van der Waals surface area (Å²) in [6, 6.07) is 0. The van der Waals surface area contributed by atoms with Crippen molar-refractivity contribution in [1.82, 2.24) is 0 Å². The van der Waals surface area contributed by atoms with Crippen molar-refractivity contribution in [3.8, 4) is 0 Å². The molecule has 0 aromatic rings. The Kier molecular flexibility index (Phi) is 23.5. The SMILES string of the molecule is O=S(=O)([O-])[O-].[Mg+2].[O-2].[Zn+2]. The molecule has 0 saturated carbocycles. The van der Waals surface area contributed by atoms with Gasteiger partial charge in [-0.15, -0.1) is 0 Å². The maximum atomic E-state index is 8.52. The number of hydrogen-bond donors (Lipinski definition) is 0. The van der Waals surface area contributed by atoms with Crippen molar-refractivity contribution >= 4 is 33.5 Å². The average Bonchev–Trinajstić information content (AvgIpc) is 0.722. The normalized spacial score (nSPS) is 7.25. The quantitative estimate of drug-likeness (QED) is 0.261. The second-order valence-corrected chi connectivity index (χ2v) is 1.22. The molecule has 0 heterocycles. The maximum Gasteiger partial charge on any atom is 2.00 e. The summed E-state index contributed by atoms with van der Waals surface area (Å²) in [4.78, 5) is 0. The molecular weight excluding hydrogens is 202 g/mol. The molecule has 0 atom stereocenters. The minimum Gasteiger partial charge on any atom is -2.00 e. The van der Waals surface area contributed by atoms with Gasteiger partial charge in [0.2, 0.25) is 0 Å². The van der Waals surface area contributed by atoms with Crippen molar-refractivity contribution in [1.29, 1.82) is 0 Å². The molecular formula is MgO5SZn. The molecule has 0 fully saturated rings. The van der Waals surface area contributed by atoms with Crippen LogP contribution in [0, 0.1) is 0 Å².